The van der Waals surface area contributed by atoms with E-state index in [0.29, 0.717) is 11.0 Å². The van der Waals surface area contributed by atoms with Crippen molar-refractivity contribution in [2.75, 3.05) is 0 Å². The quantitative estimate of drug-likeness (QED) is 0.703. The molecule has 0 amide bonds. The molecule has 0 saturated heterocycles. The number of hydrogen-bond acceptors (Lipinski definition) is 2. The summed E-state index contributed by atoms with van der Waals surface area (Å²) in [6.45, 7) is 0. The van der Waals surface area contributed by atoms with Crippen LogP contribution < -0.4 is 0 Å². The smallest absolute Gasteiger partial charge is 0.338 e. The SMILES string of the molecule is O=C(O)c1c(C(=O)O)c2ccc3cccc1n32. The number of carboxylic acids is 2. The van der Waals surface area contributed by atoms with Crippen LogP contribution in [0.3, 0.4) is 0 Å². The van der Waals surface area contributed by atoms with Gasteiger partial charge in [0.25, 0.3) is 0 Å². The number of nitrogens with zero attached hydrogens (tertiary/aromatic N) is 1. The van der Waals surface area contributed by atoms with E-state index in [2.05, 4.69) is 0 Å². The lowest BCUT2D eigenvalue weighted by Crippen LogP contribution is -2.05. The lowest BCUT2D eigenvalue weighted by molar-refractivity contribution is 0.0655. The van der Waals surface area contributed by atoms with E-state index in [1.807, 2.05) is 0 Å². The zero-order chi connectivity index (χ0) is 12.2. The van der Waals surface area contributed by atoms with Gasteiger partial charge in [-0.3, -0.25) is 0 Å². The highest BCUT2D eigenvalue weighted by atomic mass is 16.4. The molecule has 84 valence electrons. The molecule has 3 aromatic heterocycles. The lowest BCUT2D eigenvalue weighted by Gasteiger charge is -1.96. The number of hydrogen-bond donors (Lipinski definition) is 2. The first-order chi connectivity index (χ1) is 8.11. The maximum Gasteiger partial charge on any atom is 0.338 e. The van der Waals surface area contributed by atoms with Crippen LogP contribution in [-0.4, -0.2) is 26.6 Å². The van der Waals surface area contributed by atoms with Gasteiger partial charge < -0.3 is 14.6 Å². The Labute approximate surface area is 94.9 Å². The molecular weight excluding hydrogens is 222 g/mol. The van der Waals surface area contributed by atoms with Crippen LogP contribution >= 0.6 is 0 Å². The summed E-state index contributed by atoms with van der Waals surface area (Å²) < 4.78 is 1.65. The monoisotopic (exact) mass is 229 g/mol. The van der Waals surface area contributed by atoms with Crippen molar-refractivity contribution in [3.63, 3.8) is 0 Å². The summed E-state index contributed by atoms with van der Waals surface area (Å²) >= 11 is 0. The van der Waals surface area contributed by atoms with Gasteiger partial charge in [0.05, 0.1) is 11.0 Å². The molecule has 0 aliphatic heterocycles. The first-order valence-corrected chi connectivity index (χ1v) is 4.93. The summed E-state index contributed by atoms with van der Waals surface area (Å²) in [5.41, 5.74) is 1.30. The fourth-order valence-corrected chi connectivity index (χ4v) is 2.24. The van der Waals surface area contributed by atoms with Crippen molar-refractivity contribution in [1.82, 2.24) is 4.40 Å². The molecule has 17 heavy (non-hydrogen) atoms. The Balaban J connectivity index is 2.63. The third-order valence-corrected chi connectivity index (χ3v) is 2.86. The molecule has 3 rings (SSSR count). The summed E-state index contributed by atoms with van der Waals surface area (Å²) in [4.78, 5) is 22.4. The molecule has 0 aliphatic carbocycles. The molecule has 5 nitrogen and oxygen atoms in total. The van der Waals surface area contributed by atoms with Gasteiger partial charge >= 0.3 is 11.9 Å². The summed E-state index contributed by atoms with van der Waals surface area (Å²) in [5.74, 6) is -2.45. The van der Waals surface area contributed by atoms with E-state index >= 15 is 0 Å². The van der Waals surface area contributed by atoms with Gasteiger partial charge in [0.2, 0.25) is 0 Å². The van der Waals surface area contributed by atoms with Crippen molar-refractivity contribution in [2.24, 2.45) is 0 Å². The number of carboxylic acid groups (broad SMARTS) is 2. The van der Waals surface area contributed by atoms with Gasteiger partial charge in [-0.05, 0) is 24.3 Å². The van der Waals surface area contributed by atoms with Crippen LogP contribution in [0.5, 0.6) is 0 Å². The highest BCUT2D eigenvalue weighted by Crippen LogP contribution is 2.29. The summed E-state index contributed by atoms with van der Waals surface area (Å²) in [5, 5.41) is 18.3. The van der Waals surface area contributed by atoms with Crippen molar-refractivity contribution >= 4 is 28.5 Å². The first kappa shape index (κ1) is 9.65. The van der Waals surface area contributed by atoms with Crippen molar-refractivity contribution in [3.05, 3.63) is 41.5 Å². The largest absolute Gasteiger partial charge is 0.478 e. The molecule has 0 bridgehead atoms. The molecule has 0 aromatic carbocycles. The zero-order valence-electron chi connectivity index (χ0n) is 8.54. The Hall–Kier alpha value is -2.56. The van der Waals surface area contributed by atoms with Crippen molar-refractivity contribution < 1.29 is 19.8 Å². The Morgan fingerprint density at radius 1 is 0.882 bits per heavy atom. The molecule has 5 heteroatoms. The maximum atomic E-state index is 11.2. The van der Waals surface area contributed by atoms with Crippen LogP contribution in [0.15, 0.2) is 30.3 Å². The normalized spacial score (nSPS) is 11.3. The maximum absolute atomic E-state index is 11.2. The molecule has 0 atom stereocenters. The fourth-order valence-electron chi connectivity index (χ4n) is 2.24. The Bertz CT molecular complexity index is 741. The molecule has 0 spiro atoms. The molecular formula is C12H7NO4. The number of aromatic carboxylic acids is 2. The number of aromatic nitrogens is 1. The molecule has 0 saturated carbocycles. The average molecular weight is 229 g/mol. The molecule has 0 unspecified atom stereocenters. The third kappa shape index (κ3) is 1.08. The first-order valence-electron chi connectivity index (χ1n) is 4.93. The average Bonchev–Trinajstić information content (AvgIpc) is 2.82. The summed E-state index contributed by atoms with van der Waals surface area (Å²) in [7, 11) is 0. The van der Waals surface area contributed by atoms with Gasteiger partial charge in [-0.1, -0.05) is 6.07 Å². The fraction of sp³-hybridized carbons (Fsp3) is 0. The minimum Gasteiger partial charge on any atom is -0.478 e. The Kier molecular flexibility index (Phi) is 1.69. The van der Waals surface area contributed by atoms with Crippen LogP contribution in [-0.2, 0) is 0 Å². The van der Waals surface area contributed by atoms with E-state index in [1.165, 1.54) is 0 Å². The minimum atomic E-state index is -1.22. The van der Waals surface area contributed by atoms with Gasteiger partial charge in [-0.2, -0.15) is 0 Å². The number of rotatable bonds is 2. The van der Waals surface area contributed by atoms with Crippen LogP contribution in [0.2, 0.25) is 0 Å². The van der Waals surface area contributed by atoms with E-state index in [9.17, 15) is 9.59 Å². The number of carbonyl (C=O) groups is 2. The Morgan fingerprint density at radius 2 is 1.47 bits per heavy atom. The van der Waals surface area contributed by atoms with E-state index in [1.54, 1.807) is 34.7 Å². The van der Waals surface area contributed by atoms with E-state index in [0.717, 1.165) is 5.52 Å². The molecule has 0 radical (unpaired) electrons. The van der Waals surface area contributed by atoms with Gasteiger partial charge in [-0.15, -0.1) is 0 Å². The van der Waals surface area contributed by atoms with Crippen LogP contribution in [0, 0.1) is 0 Å². The Morgan fingerprint density at radius 3 is 2.06 bits per heavy atom. The lowest BCUT2D eigenvalue weighted by atomic mass is 10.1. The van der Waals surface area contributed by atoms with E-state index in [4.69, 9.17) is 10.2 Å². The van der Waals surface area contributed by atoms with Crippen LogP contribution in [0.25, 0.3) is 16.6 Å². The van der Waals surface area contributed by atoms with Crippen molar-refractivity contribution in [3.8, 4) is 0 Å². The molecule has 3 heterocycles. The molecule has 0 aliphatic rings. The minimum absolute atomic E-state index is 0.154. The van der Waals surface area contributed by atoms with Crippen molar-refractivity contribution in [1.29, 1.82) is 0 Å². The second kappa shape index (κ2) is 2.98. The van der Waals surface area contributed by atoms with E-state index in [-0.39, 0.29) is 11.1 Å². The highest BCUT2D eigenvalue weighted by Gasteiger charge is 2.26. The van der Waals surface area contributed by atoms with Gasteiger partial charge in [-0.25, -0.2) is 9.59 Å². The molecule has 3 aromatic rings. The van der Waals surface area contributed by atoms with Gasteiger partial charge in [0.15, 0.2) is 0 Å². The predicted molar refractivity (Wildman–Crippen MR) is 60.0 cm³/mol. The van der Waals surface area contributed by atoms with Crippen molar-refractivity contribution in [2.45, 2.75) is 0 Å². The second-order valence-electron chi connectivity index (χ2n) is 3.75. The highest BCUT2D eigenvalue weighted by molar-refractivity contribution is 6.13. The van der Waals surface area contributed by atoms with Crippen LogP contribution in [0.4, 0.5) is 0 Å². The standard InChI is InChI=1S/C12H7NO4/c14-11(15)9-7-3-1-2-6-4-5-8(13(6)7)10(9)12(16)17/h1-5H,(H,14,15)(H,16,17). The summed E-state index contributed by atoms with van der Waals surface area (Å²) in [6, 6.07) is 8.51. The zero-order valence-corrected chi connectivity index (χ0v) is 8.54. The predicted octanol–water partition coefficient (Wildman–Crippen LogP) is 1.93. The van der Waals surface area contributed by atoms with Crippen LogP contribution in [0.1, 0.15) is 20.7 Å². The third-order valence-electron chi connectivity index (χ3n) is 2.86. The van der Waals surface area contributed by atoms with Gasteiger partial charge in [0, 0.05) is 5.52 Å². The topological polar surface area (TPSA) is 79.0 Å². The second-order valence-corrected chi connectivity index (χ2v) is 3.75. The molecule has 2 N–H and O–H groups in total. The van der Waals surface area contributed by atoms with Gasteiger partial charge in [0.1, 0.15) is 11.1 Å². The summed E-state index contributed by atoms with van der Waals surface area (Å²) in [6.07, 6.45) is 0. The number of pyridine rings is 1. The van der Waals surface area contributed by atoms with E-state index < -0.39 is 11.9 Å². The molecule has 0 fully saturated rings.